The molecule has 2 aromatic rings. The van der Waals surface area contributed by atoms with Gasteiger partial charge < -0.3 is 24.7 Å². The number of carbonyl (C=O) groups excluding carboxylic acids is 4. The Bertz CT molecular complexity index is 1720. The van der Waals surface area contributed by atoms with Crippen molar-refractivity contribution in [1.82, 2.24) is 15.0 Å². The topological polar surface area (TPSA) is 217 Å². The lowest BCUT2D eigenvalue weighted by Gasteiger charge is -2.36. The number of Topliss-reactive ketones (excluding diaryl/α,β-unsaturated/α-hetero) is 1. The highest BCUT2D eigenvalue weighted by Gasteiger charge is 2.42. The van der Waals surface area contributed by atoms with Gasteiger partial charge in [0.05, 0.1) is 28.8 Å². The molecule has 1 aliphatic rings. The molecular weight excluding hydrogens is 668 g/mol. The fourth-order valence-electron chi connectivity index (χ4n) is 4.12. The van der Waals surface area contributed by atoms with E-state index in [0.29, 0.717) is 5.01 Å². The minimum Gasteiger partial charge on any atom is -0.478 e. The summed E-state index contributed by atoms with van der Waals surface area (Å²) in [5.74, 6) is -4.79. The molecule has 262 valence electrons. The summed E-state index contributed by atoms with van der Waals surface area (Å²) in [4.78, 5) is 72.2. The van der Waals surface area contributed by atoms with E-state index >= 15 is 0 Å². The number of aromatic nitrogens is 1. The Labute approximate surface area is 282 Å². The van der Waals surface area contributed by atoms with Crippen molar-refractivity contribution in [1.29, 1.82) is 0 Å². The highest BCUT2D eigenvalue weighted by atomic mass is 32.2. The van der Waals surface area contributed by atoms with Crippen LogP contribution in [0.25, 0.3) is 0 Å². The maximum Gasteiger partial charge on any atom is 0.353 e. The van der Waals surface area contributed by atoms with Gasteiger partial charge in [-0.05, 0) is 73.6 Å². The number of esters is 2. The van der Waals surface area contributed by atoms with Gasteiger partial charge in [-0.2, -0.15) is 0 Å². The molecule has 17 heteroatoms. The van der Waals surface area contributed by atoms with E-state index in [1.54, 1.807) is 41.5 Å². The molecule has 0 saturated carbocycles. The SMILES string of the molecule is CC(C)(C)OC(=O)Cc1nc(/C(=N/OC(C)(C)C(=O)OC(C)(C)C)C(=O)C[C@@H]2C(=O)N[C@@H]2CNS(=O)(=O)c2cccc(C(=O)O)c2)cs1. The first-order valence-electron chi connectivity index (χ1n) is 14.8. The molecule has 1 aromatic carbocycles. The zero-order valence-corrected chi connectivity index (χ0v) is 29.5. The number of thiazole rings is 1. The van der Waals surface area contributed by atoms with E-state index in [0.717, 1.165) is 17.4 Å². The van der Waals surface area contributed by atoms with Crippen LogP contribution in [0.3, 0.4) is 0 Å². The number of hydrogen-bond donors (Lipinski definition) is 3. The van der Waals surface area contributed by atoms with Crippen LogP contribution in [0.1, 0.15) is 82.9 Å². The highest BCUT2D eigenvalue weighted by molar-refractivity contribution is 7.89. The largest absolute Gasteiger partial charge is 0.478 e. The zero-order valence-electron chi connectivity index (χ0n) is 27.9. The Kier molecular flexibility index (Phi) is 11.5. The number of ether oxygens (including phenoxy) is 2. The summed E-state index contributed by atoms with van der Waals surface area (Å²) in [5, 5.41) is 17.5. The summed E-state index contributed by atoms with van der Waals surface area (Å²) in [6.45, 7) is 12.7. The second-order valence-corrected chi connectivity index (χ2v) is 16.2. The number of aromatic carboxylic acids is 1. The standard InChI is InChI=1S/C31H40N4O11S2/c1-29(2,3)44-24(37)14-23-33-21(16-47-23)25(35-46-31(7,8)28(41)45-30(4,5)6)22(36)13-19-20(34-26(19)38)15-32-48(42,43)18-11-9-10-17(12-18)27(39)40/h9-12,16,19-20,32H,13-15H2,1-8H3,(H,34,38)(H,39,40)/b35-25-/t19-,20+/m0/s1. The van der Waals surface area contributed by atoms with Crippen LogP contribution in [-0.2, 0) is 49.9 Å². The predicted molar refractivity (Wildman–Crippen MR) is 173 cm³/mol. The molecule has 3 rings (SSSR count). The monoisotopic (exact) mass is 708 g/mol. The number of amides is 1. The summed E-state index contributed by atoms with van der Waals surface area (Å²) in [6.07, 6.45) is -0.614. The molecule has 0 radical (unpaired) electrons. The van der Waals surface area contributed by atoms with Crippen molar-refractivity contribution in [2.24, 2.45) is 11.1 Å². The Hall–Kier alpha value is -4.22. The minimum absolute atomic E-state index is 0.0267. The Morgan fingerprint density at radius 3 is 2.27 bits per heavy atom. The molecule has 1 fully saturated rings. The first-order valence-corrected chi connectivity index (χ1v) is 17.2. The molecule has 1 aliphatic heterocycles. The first-order chi connectivity index (χ1) is 22.0. The number of carboxylic acid groups (broad SMARTS) is 1. The van der Waals surface area contributed by atoms with Crippen molar-refractivity contribution >= 4 is 56.7 Å². The third-order valence-corrected chi connectivity index (χ3v) is 8.74. The average molecular weight is 709 g/mol. The van der Waals surface area contributed by atoms with Gasteiger partial charge in [-0.3, -0.25) is 14.4 Å². The van der Waals surface area contributed by atoms with Crippen LogP contribution in [-0.4, -0.2) is 83.2 Å². The average Bonchev–Trinajstić information content (AvgIpc) is 3.39. The number of β-lactam (4-membered cyclic amide) rings is 1. The molecule has 0 aliphatic carbocycles. The van der Waals surface area contributed by atoms with Crippen LogP contribution in [0.15, 0.2) is 39.7 Å². The van der Waals surface area contributed by atoms with Crippen LogP contribution >= 0.6 is 11.3 Å². The lowest BCUT2D eigenvalue weighted by atomic mass is 9.85. The zero-order chi connectivity index (χ0) is 36.2. The van der Waals surface area contributed by atoms with E-state index in [1.165, 1.54) is 37.4 Å². The molecule has 1 saturated heterocycles. The highest BCUT2D eigenvalue weighted by Crippen LogP contribution is 2.24. The lowest BCUT2D eigenvalue weighted by molar-refractivity contribution is -0.179. The minimum atomic E-state index is -4.16. The van der Waals surface area contributed by atoms with Gasteiger partial charge in [-0.15, -0.1) is 11.3 Å². The van der Waals surface area contributed by atoms with Crippen molar-refractivity contribution in [3.8, 4) is 0 Å². The quantitative estimate of drug-likeness (QED) is 0.112. The molecule has 48 heavy (non-hydrogen) atoms. The number of carbonyl (C=O) groups is 5. The molecule has 0 bridgehead atoms. The van der Waals surface area contributed by atoms with Crippen LogP contribution < -0.4 is 10.0 Å². The number of oxime groups is 1. The summed E-state index contributed by atoms with van der Waals surface area (Å²) >= 11 is 1.06. The van der Waals surface area contributed by atoms with Crippen molar-refractivity contribution in [2.45, 2.75) is 96.0 Å². The van der Waals surface area contributed by atoms with Crippen molar-refractivity contribution < 1.29 is 51.8 Å². The number of carboxylic acids is 1. The van der Waals surface area contributed by atoms with Crippen molar-refractivity contribution in [3.05, 3.63) is 45.9 Å². The molecule has 15 nitrogen and oxygen atoms in total. The van der Waals surface area contributed by atoms with Crippen molar-refractivity contribution in [2.75, 3.05) is 6.54 Å². The van der Waals surface area contributed by atoms with Gasteiger partial charge in [0.1, 0.15) is 21.9 Å². The fourth-order valence-corrected chi connectivity index (χ4v) is 5.99. The molecular formula is C31H40N4O11S2. The first kappa shape index (κ1) is 38.2. The molecule has 2 atom stereocenters. The summed E-state index contributed by atoms with van der Waals surface area (Å²) in [5.41, 5.74) is -3.73. The second-order valence-electron chi connectivity index (χ2n) is 13.5. The number of sulfonamides is 1. The molecule has 0 spiro atoms. The predicted octanol–water partition coefficient (Wildman–Crippen LogP) is 2.62. The number of rotatable bonds is 14. The summed E-state index contributed by atoms with van der Waals surface area (Å²) in [6, 6.07) is 3.96. The molecule has 1 amide bonds. The summed E-state index contributed by atoms with van der Waals surface area (Å²) in [7, 11) is -4.16. The normalized spacial score (nSPS) is 17.2. The van der Waals surface area contributed by atoms with E-state index in [-0.39, 0.29) is 34.8 Å². The third-order valence-electron chi connectivity index (χ3n) is 6.47. The fraction of sp³-hybridized carbons (Fsp3) is 0.516. The Morgan fingerprint density at radius 1 is 1.04 bits per heavy atom. The maximum absolute atomic E-state index is 13.7. The van der Waals surface area contributed by atoms with Crippen LogP contribution in [0.5, 0.6) is 0 Å². The van der Waals surface area contributed by atoms with Gasteiger partial charge in [0, 0.05) is 18.3 Å². The second kappa shape index (κ2) is 14.5. The van der Waals surface area contributed by atoms with Gasteiger partial charge >= 0.3 is 17.9 Å². The van der Waals surface area contributed by atoms with Crippen LogP contribution in [0.2, 0.25) is 0 Å². The molecule has 3 N–H and O–H groups in total. The number of ketones is 1. The number of benzene rings is 1. The Morgan fingerprint density at radius 2 is 1.69 bits per heavy atom. The Balaban J connectivity index is 1.82. The van der Waals surface area contributed by atoms with Crippen molar-refractivity contribution in [3.63, 3.8) is 0 Å². The van der Waals surface area contributed by atoms with Crippen LogP contribution in [0.4, 0.5) is 0 Å². The van der Waals surface area contributed by atoms with E-state index < -0.39 is 74.8 Å². The van der Waals surface area contributed by atoms with Gasteiger partial charge in [0.15, 0.2) is 11.5 Å². The number of nitrogens with zero attached hydrogens (tertiary/aromatic N) is 2. The maximum atomic E-state index is 13.7. The van der Waals surface area contributed by atoms with Gasteiger partial charge in [0.2, 0.25) is 21.5 Å². The third kappa shape index (κ3) is 10.6. The van der Waals surface area contributed by atoms with Gasteiger partial charge in [-0.25, -0.2) is 27.7 Å². The lowest BCUT2D eigenvalue weighted by Crippen LogP contribution is -2.62. The number of nitrogens with one attached hydrogen (secondary N) is 2. The van der Waals surface area contributed by atoms with Crippen LogP contribution in [0, 0.1) is 5.92 Å². The van der Waals surface area contributed by atoms with E-state index in [1.807, 2.05) is 0 Å². The smallest absolute Gasteiger partial charge is 0.353 e. The molecule has 1 aromatic heterocycles. The summed E-state index contributed by atoms with van der Waals surface area (Å²) < 4.78 is 38.7. The van der Waals surface area contributed by atoms with E-state index in [2.05, 4.69) is 20.2 Å². The van der Waals surface area contributed by atoms with E-state index in [4.69, 9.17) is 14.3 Å². The number of hydrogen-bond acceptors (Lipinski definition) is 13. The molecule has 2 heterocycles. The van der Waals surface area contributed by atoms with Gasteiger partial charge in [-0.1, -0.05) is 11.2 Å². The molecule has 0 unspecified atom stereocenters. The van der Waals surface area contributed by atoms with E-state index in [9.17, 15) is 37.5 Å². The van der Waals surface area contributed by atoms with Gasteiger partial charge in [0.25, 0.3) is 0 Å².